The first-order valence-electron chi connectivity index (χ1n) is 10.3. The number of hydrogen-bond acceptors (Lipinski definition) is 5. The zero-order valence-corrected chi connectivity index (χ0v) is 19.7. The van der Waals surface area contributed by atoms with Gasteiger partial charge < -0.3 is 26.1 Å². The van der Waals surface area contributed by atoms with Crippen molar-refractivity contribution in [1.82, 2.24) is 10.2 Å². The topological polar surface area (TPSA) is 105 Å². The Bertz CT molecular complexity index is 561. The molecule has 2 rings (SSSR count). The highest BCUT2D eigenvalue weighted by atomic mass is 16.1. The molecule has 7 nitrogen and oxygen atoms in total. The highest BCUT2D eigenvalue weighted by molar-refractivity contribution is 5.58. The van der Waals surface area contributed by atoms with Gasteiger partial charge in [-0.1, -0.05) is 39.0 Å². The van der Waals surface area contributed by atoms with E-state index in [4.69, 9.17) is 4.79 Å². The Morgan fingerprint density at radius 2 is 1.70 bits per heavy atom. The summed E-state index contributed by atoms with van der Waals surface area (Å²) in [5.74, 6) is 0.0696. The molecule has 1 aliphatic heterocycles. The summed E-state index contributed by atoms with van der Waals surface area (Å²) in [5, 5.41) is 6.25. The van der Waals surface area contributed by atoms with Gasteiger partial charge in [0.05, 0.1) is 0 Å². The summed E-state index contributed by atoms with van der Waals surface area (Å²) in [4.78, 5) is 30.8. The summed E-state index contributed by atoms with van der Waals surface area (Å²) < 4.78 is 0. The van der Waals surface area contributed by atoms with Crippen LogP contribution < -0.4 is 16.4 Å². The number of benzene rings is 1. The minimum absolute atomic E-state index is 0.0696. The van der Waals surface area contributed by atoms with E-state index in [1.807, 2.05) is 51.4 Å². The van der Waals surface area contributed by atoms with Crippen molar-refractivity contribution in [2.45, 2.75) is 59.5 Å². The quantitative estimate of drug-likeness (QED) is 0.633. The maximum atomic E-state index is 10.3. The number of para-hydroxylation sites is 1. The first-order chi connectivity index (χ1) is 14.1. The minimum atomic E-state index is 0.0696. The molecular weight excluding hydrogens is 380 g/mol. The van der Waals surface area contributed by atoms with E-state index in [9.17, 15) is 9.59 Å². The Morgan fingerprint density at radius 1 is 1.17 bits per heavy atom. The van der Waals surface area contributed by atoms with E-state index in [2.05, 4.69) is 44.1 Å². The van der Waals surface area contributed by atoms with Crippen LogP contribution in [0.25, 0.3) is 0 Å². The van der Waals surface area contributed by atoms with Gasteiger partial charge in [0.15, 0.2) is 0 Å². The predicted molar refractivity (Wildman–Crippen MR) is 125 cm³/mol. The van der Waals surface area contributed by atoms with Crippen LogP contribution in [0.2, 0.25) is 0 Å². The van der Waals surface area contributed by atoms with E-state index < -0.39 is 0 Å². The third-order valence-electron chi connectivity index (χ3n) is 4.46. The second-order valence-corrected chi connectivity index (χ2v) is 8.49. The summed E-state index contributed by atoms with van der Waals surface area (Å²) >= 11 is 0. The normalized spacial score (nSPS) is 18.2. The number of nitrogens with two attached hydrogens (primary N) is 1. The number of hydrogen-bond donors (Lipinski definition) is 3. The molecule has 1 aromatic rings. The van der Waals surface area contributed by atoms with Gasteiger partial charge in [-0.25, -0.2) is 0 Å². The Kier molecular flexibility index (Phi) is 17.3. The van der Waals surface area contributed by atoms with Crippen LogP contribution in [0.1, 0.15) is 47.5 Å². The van der Waals surface area contributed by atoms with Crippen LogP contribution in [0, 0.1) is 11.3 Å². The zero-order chi connectivity index (χ0) is 23.6. The lowest BCUT2D eigenvalue weighted by Gasteiger charge is -2.22. The van der Waals surface area contributed by atoms with E-state index >= 15 is 0 Å². The summed E-state index contributed by atoms with van der Waals surface area (Å²) in [6.07, 6.45) is 4.06. The molecule has 3 unspecified atom stereocenters. The summed E-state index contributed by atoms with van der Waals surface area (Å²) in [6, 6.07) is 11.0. The van der Waals surface area contributed by atoms with Gasteiger partial charge in [0.1, 0.15) is 6.29 Å². The molecule has 3 atom stereocenters. The fourth-order valence-electron chi connectivity index (χ4n) is 2.97. The second kappa shape index (κ2) is 17.4. The highest BCUT2D eigenvalue weighted by Crippen LogP contribution is 2.20. The maximum absolute atomic E-state index is 10.3. The Morgan fingerprint density at radius 3 is 1.93 bits per heavy atom. The van der Waals surface area contributed by atoms with Gasteiger partial charge in [-0.2, -0.15) is 0 Å². The van der Waals surface area contributed by atoms with Crippen LogP contribution in [-0.4, -0.2) is 56.7 Å². The lowest BCUT2D eigenvalue weighted by atomic mass is 9.89. The van der Waals surface area contributed by atoms with E-state index in [-0.39, 0.29) is 18.4 Å². The predicted octanol–water partition coefficient (Wildman–Crippen LogP) is 2.91. The molecule has 4 N–H and O–H groups in total. The monoisotopic (exact) mass is 422 g/mol. The molecule has 30 heavy (non-hydrogen) atoms. The third-order valence-corrected chi connectivity index (χ3v) is 4.46. The number of nitrogens with one attached hydrogen (secondary N) is 2. The fourth-order valence-corrected chi connectivity index (χ4v) is 2.97. The molecule has 1 saturated heterocycles. The van der Waals surface area contributed by atoms with Gasteiger partial charge in [-0.05, 0) is 51.3 Å². The van der Waals surface area contributed by atoms with Crippen molar-refractivity contribution in [3.8, 4) is 0 Å². The van der Waals surface area contributed by atoms with Crippen LogP contribution in [0.15, 0.2) is 30.3 Å². The molecule has 0 aromatic heterocycles. The van der Waals surface area contributed by atoms with Gasteiger partial charge in [0.25, 0.3) is 0 Å². The molecule has 0 aliphatic carbocycles. The molecule has 1 aromatic carbocycles. The summed E-state index contributed by atoms with van der Waals surface area (Å²) in [7, 11) is 3.92. The number of rotatable bonds is 5. The SMILES string of the molecule is CC1CC(C=O)CN1C=O.CNC(C)CC(C)(C)C.CNc1ccccc1.NC=O. The maximum Gasteiger partial charge on any atom is 0.209 e. The Labute approximate surface area is 182 Å². The zero-order valence-electron chi connectivity index (χ0n) is 19.7. The van der Waals surface area contributed by atoms with Crippen molar-refractivity contribution >= 4 is 24.8 Å². The minimum Gasteiger partial charge on any atom is -0.388 e. The molecule has 1 heterocycles. The van der Waals surface area contributed by atoms with Gasteiger partial charge in [0.2, 0.25) is 12.8 Å². The molecule has 2 amide bonds. The number of likely N-dealkylation sites (tertiary alicyclic amines) is 1. The fraction of sp³-hybridized carbons (Fsp3) is 0.609. The molecule has 7 heteroatoms. The first kappa shape index (κ1) is 29.8. The van der Waals surface area contributed by atoms with Gasteiger partial charge in [-0.3, -0.25) is 9.59 Å². The molecule has 0 spiro atoms. The molecule has 1 aliphatic rings. The van der Waals surface area contributed by atoms with Crippen molar-refractivity contribution in [1.29, 1.82) is 0 Å². The van der Waals surface area contributed by atoms with E-state index in [0.717, 1.165) is 24.8 Å². The molecule has 1 fully saturated rings. The van der Waals surface area contributed by atoms with Gasteiger partial charge >= 0.3 is 0 Å². The Balaban J connectivity index is 0. The van der Waals surface area contributed by atoms with Crippen LogP contribution >= 0.6 is 0 Å². The van der Waals surface area contributed by atoms with Crippen molar-refractivity contribution in [2.75, 3.05) is 26.0 Å². The van der Waals surface area contributed by atoms with Crippen LogP contribution in [0.3, 0.4) is 0 Å². The third kappa shape index (κ3) is 16.5. The summed E-state index contributed by atoms with van der Waals surface area (Å²) in [5.41, 5.74) is 5.79. The largest absolute Gasteiger partial charge is 0.388 e. The standard InChI is InChI=1S/C8H19N.C7H11NO2.C7H9N.CH3NO/c1-7(9-5)6-8(2,3)4;1-6-2-7(4-9)3-8(6)5-10;1-8-7-5-3-2-4-6-7;2-1-3/h7,9H,6H2,1-5H3;4-7H,2-3H2,1H3;2-6,8H,1H3;1H,(H2,2,3). The highest BCUT2D eigenvalue weighted by Gasteiger charge is 2.26. The smallest absolute Gasteiger partial charge is 0.209 e. The lowest BCUT2D eigenvalue weighted by Crippen LogP contribution is -2.26. The van der Waals surface area contributed by atoms with Crippen molar-refractivity contribution in [2.24, 2.45) is 17.1 Å². The Hall–Kier alpha value is -2.41. The van der Waals surface area contributed by atoms with Gasteiger partial charge in [0, 0.05) is 37.3 Å². The summed E-state index contributed by atoms with van der Waals surface area (Å²) in [6.45, 7) is 11.6. The number of primary amides is 1. The van der Waals surface area contributed by atoms with E-state index in [1.165, 1.54) is 6.42 Å². The van der Waals surface area contributed by atoms with Crippen LogP contribution in [0.4, 0.5) is 5.69 Å². The molecule has 0 bridgehead atoms. The van der Waals surface area contributed by atoms with Crippen LogP contribution in [-0.2, 0) is 14.4 Å². The van der Waals surface area contributed by atoms with Gasteiger partial charge in [-0.15, -0.1) is 0 Å². The number of aldehydes is 1. The molecule has 172 valence electrons. The number of amides is 2. The average molecular weight is 423 g/mol. The number of carbonyl (C=O) groups excluding carboxylic acids is 3. The molecular formula is C23H42N4O3. The van der Waals surface area contributed by atoms with Crippen molar-refractivity contribution < 1.29 is 14.4 Å². The number of anilines is 1. The van der Waals surface area contributed by atoms with E-state index in [0.29, 0.717) is 18.0 Å². The first-order valence-corrected chi connectivity index (χ1v) is 10.3. The second-order valence-electron chi connectivity index (χ2n) is 8.49. The molecule has 0 radical (unpaired) electrons. The van der Waals surface area contributed by atoms with Crippen LogP contribution in [0.5, 0.6) is 0 Å². The lowest BCUT2D eigenvalue weighted by molar-refractivity contribution is -0.118. The average Bonchev–Trinajstić information content (AvgIpc) is 3.09. The number of nitrogens with zero attached hydrogens (tertiary/aromatic N) is 1. The number of carbonyl (C=O) groups is 3. The molecule has 0 saturated carbocycles. The van der Waals surface area contributed by atoms with Crippen molar-refractivity contribution in [3.05, 3.63) is 30.3 Å². The van der Waals surface area contributed by atoms with Crippen molar-refractivity contribution in [3.63, 3.8) is 0 Å². The van der Waals surface area contributed by atoms with E-state index in [1.54, 1.807) is 4.90 Å².